The van der Waals surface area contributed by atoms with Crippen molar-refractivity contribution in [3.05, 3.63) is 39.8 Å². The van der Waals surface area contributed by atoms with Crippen LogP contribution in [0.5, 0.6) is 5.75 Å². The van der Waals surface area contributed by atoms with Crippen molar-refractivity contribution in [3.8, 4) is 5.75 Å². The summed E-state index contributed by atoms with van der Waals surface area (Å²) in [5.41, 5.74) is 1.49. The molecule has 3 rings (SSSR count). The smallest absolute Gasteiger partial charge is 0.189 e. The molecule has 2 aromatic heterocycles. The summed E-state index contributed by atoms with van der Waals surface area (Å²) in [6.45, 7) is 4.90. The topological polar surface area (TPSA) is 65.7 Å². The van der Waals surface area contributed by atoms with E-state index in [-0.39, 0.29) is 6.61 Å². The molecule has 6 nitrogen and oxygen atoms in total. The van der Waals surface area contributed by atoms with Crippen LogP contribution < -0.4 is 4.74 Å². The van der Waals surface area contributed by atoms with Crippen molar-refractivity contribution in [3.63, 3.8) is 0 Å². The Kier molecular flexibility index (Phi) is 4.63. The standard InChI is InChI=1S/C15H15Cl2N5O/c1-3-6-22-13(19-20-21-22)8-23-15-12(17)7-11(16)10-5-4-9(2)18-14(10)15/h4-5,7H,3,6,8H2,1-2H3. The molecule has 0 spiro atoms. The summed E-state index contributed by atoms with van der Waals surface area (Å²) in [4.78, 5) is 4.50. The molecule has 0 unspecified atom stereocenters. The van der Waals surface area contributed by atoms with Gasteiger partial charge in [0.2, 0.25) is 0 Å². The molecule has 8 heteroatoms. The molecule has 120 valence electrons. The summed E-state index contributed by atoms with van der Waals surface area (Å²) in [6, 6.07) is 5.46. The number of aryl methyl sites for hydroxylation is 2. The van der Waals surface area contributed by atoms with Crippen LogP contribution in [0.15, 0.2) is 18.2 Å². The predicted molar refractivity (Wildman–Crippen MR) is 88.9 cm³/mol. The molecule has 23 heavy (non-hydrogen) atoms. The summed E-state index contributed by atoms with van der Waals surface area (Å²) >= 11 is 12.5. The van der Waals surface area contributed by atoms with Gasteiger partial charge in [-0.1, -0.05) is 30.1 Å². The van der Waals surface area contributed by atoms with E-state index in [0.717, 1.165) is 24.0 Å². The Balaban J connectivity index is 1.96. The van der Waals surface area contributed by atoms with E-state index in [2.05, 4.69) is 27.4 Å². The van der Waals surface area contributed by atoms with Gasteiger partial charge in [-0.3, -0.25) is 0 Å². The second-order valence-corrected chi connectivity index (χ2v) is 5.94. The fourth-order valence-corrected chi connectivity index (χ4v) is 2.85. The zero-order chi connectivity index (χ0) is 16.4. The molecular weight excluding hydrogens is 337 g/mol. The van der Waals surface area contributed by atoms with Gasteiger partial charge in [0.15, 0.2) is 11.6 Å². The first-order valence-corrected chi connectivity index (χ1v) is 7.99. The number of nitrogens with zero attached hydrogens (tertiary/aromatic N) is 5. The Hall–Kier alpha value is -1.92. The molecule has 0 aliphatic rings. The lowest BCUT2D eigenvalue weighted by Gasteiger charge is -2.12. The average molecular weight is 352 g/mol. The number of ether oxygens (including phenoxy) is 1. The van der Waals surface area contributed by atoms with E-state index >= 15 is 0 Å². The number of benzene rings is 1. The van der Waals surface area contributed by atoms with E-state index in [1.165, 1.54) is 0 Å². The van der Waals surface area contributed by atoms with Crippen molar-refractivity contribution in [1.29, 1.82) is 0 Å². The second-order valence-electron chi connectivity index (χ2n) is 5.13. The lowest BCUT2D eigenvalue weighted by atomic mass is 10.2. The van der Waals surface area contributed by atoms with E-state index in [4.69, 9.17) is 27.9 Å². The van der Waals surface area contributed by atoms with Gasteiger partial charge < -0.3 is 4.74 Å². The number of hydrogen-bond donors (Lipinski definition) is 0. The van der Waals surface area contributed by atoms with E-state index in [9.17, 15) is 0 Å². The molecular formula is C15H15Cl2N5O. The number of aromatic nitrogens is 5. The molecule has 0 aliphatic heterocycles. The Bertz CT molecular complexity index is 849. The number of hydrogen-bond acceptors (Lipinski definition) is 5. The van der Waals surface area contributed by atoms with Gasteiger partial charge >= 0.3 is 0 Å². The Morgan fingerprint density at radius 3 is 2.83 bits per heavy atom. The van der Waals surface area contributed by atoms with Crippen LogP contribution in [0.4, 0.5) is 0 Å². The largest absolute Gasteiger partial charge is 0.482 e. The zero-order valence-electron chi connectivity index (χ0n) is 12.8. The third kappa shape index (κ3) is 3.23. The summed E-state index contributed by atoms with van der Waals surface area (Å²) in [5, 5.41) is 13.3. The van der Waals surface area contributed by atoms with Crippen LogP contribution in [0.1, 0.15) is 24.9 Å². The quantitative estimate of drug-likeness (QED) is 0.698. The van der Waals surface area contributed by atoms with Crippen molar-refractivity contribution < 1.29 is 4.74 Å². The maximum Gasteiger partial charge on any atom is 0.189 e. The highest BCUT2D eigenvalue weighted by Crippen LogP contribution is 2.37. The van der Waals surface area contributed by atoms with Gasteiger partial charge in [-0.05, 0) is 42.0 Å². The van der Waals surface area contributed by atoms with E-state index in [0.29, 0.717) is 27.1 Å². The number of halogens is 2. The van der Waals surface area contributed by atoms with Crippen LogP contribution in [0.25, 0.3) is 10.9 Å². The van der Waals surface area contributed by atoms with Crippen LogP contribution in [-0.4, -0.2) is 25.2 Å². The van der Waals surface area contributed by atoms with Crippen molar-refractivity contribution in [1.82, 2.24) is 25.2 Å². The van der Waals surface area contributed by atoms with E-state index in [1.54, 1.807) is 10.7 Å². The van der Waals surface area contributed by atoms with Crippen LogP contribution in [0.3, 0.4) is 0 Å². The molecule has 0 saturated carbocycles. The van der Waals surface area contributed by atoms with Gasteiger partial charge in [0.1, 0.15) is 12.1 Å². The first-order chi connectivity index (χ1) is 11.1. The predicted octanol–water partition coefficient (Wildman–Crippen LogP) is 3.83. The number of rotatable bonds is 5. The van der Waals surface area contributed by atoms with Crippen LogP contribution >= 0.6 is 23.2 Å². The molecule has 0 bridgehead atoms. The zero-order valence-corrected chi connectivity index (χ0v) is 14.3. The van der Waals surface area contributed by atoms with Crippen LogP contribution in [0, 0.1) is 6.92 Å². The van der Waals surface area contributed by atoms with E-state index < -0.39 is 0 Å². The molecule has 0 N–H and O–H groups in total. The Morgan fingerprint density at radius 2 is 2.04 bits per heavy atom. The molecule has 0 aliphatic carbocycles. The highest BCUT2D eigenvalue weighted by molar-refractivity contribution is 6.39. The molecule has 0 amide bonds. The second kappa shape index (κ2) is 6.68. The first kappa shape index (κ1) is 16.0. The van der Waals surface area contributed by atoms with Crippen LogP contribution in [0.2, 0.25) is 10.0 Å². The molecule has 1 aromatic carbocycles. The Labute approximate surface area is 143 Å². The summed E-state index contributed by atoms with van der Waals surface area (Å²) in [7, 11) is 0. The van der Waals surface area contributed by atoms with Gasteiger partial charge in [-0.15, -0.1) is 5.10 Å². The first-order valence-electron chi connectivity index (χ1n) is 7.23. The van der Waals surface area contributed by atoms with Crippen molar-refractivity contribution in [2.75, 3.05) is 0 Å². The minimum atomic E-state index is 0.207. The number of tetrazole rings is 1. The van der Waals surface area contributed by atoms with Crippen LogP contribution in [-0.2, 0) is 13.2 Å². The normalized spacial score (nSPS) is 11.1. The SMILES string of the molecule is CCCn1nnnc1COc1c(Cl)cc(Cl)c2ccc(C)nc12. The number of pyridine rings is 1. The minimum absolute atomic E-state index is 0.207. The van der Waals surface area contributed by atoms with E-state index in [1.807, 2.05) is 19.1 Å². The van der Waals surface area contributed by atoms with Crippen molar-refractivity contribution in [2.24, 2.45) is 0 Å². The fourth-order valence-electron chi connectivity index (χ4n) is 2.28. The minimum Gasteiger partial charge on any atom is -0.482 e. The molecule has 0 saturated heterocycles. The molecule has 0 atom stereocenters. The number of fused-ring (bicyclic) bond motifs is 1. The summed E-state index contributed by atoms with van der Waals surface area (Å²) in [6.07, 6.45) is 0.934. The van der Waals surface area contributed by atoms with Gasteiger partial charge in [0.05, 0.1) is 10.0 Å². The Morgan fingerprint density at radius 1 is 1.22 bits per heavy atom. The van der Waals surface area contributed by atoms with Gasteiger partial charge in [-0.2, -0.15) is 0 Å². The maximum atomic E-state index is 6.29. The average Bonchev–Trinajstić information content (AvgIpc) is 2.94. The highest BCUT2D eigenvalue weighted by Gasteiger charge is 2.15. The third-order valence-corrected chi connectivity index (χ3v) is 3.96. The maximum absolute atomic E-state index is 6.29. The molecule has 2 heterocycles. The molecule has 0 fully saturated rings. The van der Waals surface area contributed by atoms with Crippen molar-refractivity contribution in [2.45, 2.75) is 33.4 Å². The fraction of sp³-hybridized carbons (Fsp3) is 0.333. The van der Waals surface area contributed by atoms with Gasteiger partial charge in [0.25, 0.3) is 0 Å². The van der Waals surface area contributed by atoms with Gasteiger partial charge in [-0.25, -0.2) is 9.67 Å². The van der Waals surface area contributed by atoms with Gasteiger partial charge in [0, 0.05) is 17.6 Å². The summed E-state index contributed by atoms with van der Waals surface area (Å²) in [5.74, 6) is 1.12. The molecule has 0 radical (unpaired) electrons. The summed E-state index contributed by atoms with van der Waals surface area (Å²) < 4.78 is 7.59. The highest BCUT2D eigenvalue weighted by atomic mass is 35.5. The monoisotopic (exact) mass is 351 g/mol. The van der Waals surface area contributed by atoms with Crippen molar-refractivity contribution >= 4 is 34.1 Å². The lowest BCUT2D eigenvalue weighted by Crippen LogP contribution is -2.09. The lowest BCUT2D eigenvalue weighted by molar-refractivity contribution is 0.289. The molecule has 3 aromatic rings. The third-order valence-electron chi connectivity index (χ3n) is 3.36.